The molecule has 2 aromatic rings. The minimum Gasteiger partial charge on any atom is -0.334 e. The van der Waals surface area contributed by atoms with Crippen LogP contribution in [0.25, 0.3) is 0 Å². The standard InChI is InChI=1S/C22H24N2O3S/c1-17-5-11-20(12-6-17)28(26,27)15-18-7-9-19(10-8-18)21(25)24-22(16-23)13-3-2-4-14-22/h5-12H,2-4,13-15H2,1H3,(H,24,25). The summed E-state index contributed by atoms with van der Waals surface area (Å²) in [6, 6.07) is 15.6. The Labute approximate surface area is 166 Å². The fraction of sp³-hybridized carbons (Fsp3) is 0.364. The van der Waals surface area contributed by atoms with Crippen LogP contribution in [0.2, 0.25) is 0 Å². The van der Waals surface area contributed by atoms with Crippen molar-refractivity contribution in [1.29, 1.82) is 5.26 Å². The van der Waals surface area contributed by atoms with Crippen molar-refractivity contribution in [2.24, 2.45) is 0 Å². The monoisotopic (exact) mass is 396 g/mol. The van der Waals surface area contributed by atoms with Gasteiger partial charge in [-0.15, -0.1) is 0 Å². The Morgan fingerprint density at radius 1 is 1.04 bits per heavy atom. The molecule has 28 heavy (non-hydrogen) atoms. The van der Waals surface area contributed by atoms with Crippen LogP contribution in [0, 0.1) is 18.3 Å². The molecule has 0 aromatic heterocycles. The first kappa shape index (κ1) is 20.1. The maximum Gasteiger partial charge on any atom is 0.252 e. The van der Waals surface area contributed by atoms with Crippen molar-refractivity contribution in [3.63, 3.8) is 0 Å². The van der Waals surface area contributed by atoms with Gasteiger partial charge in [0.1, 0.15) is 5.54 Å². The Bertz CT molecular complexity index is 982. The lowest BCUT2D eigenvalue weighted by Gasteiger charge is -2.31. The minimum absolute atomic E-state index is 0.125. The maximum atomic E-state index is 12.6. The SMILES string of the molecule is Cc1ccc(S(=O)(=O)Cc2ccc(C(=O)NC3(C#N)CCCCC3)cc2)cc1. The number of carbonyl (C=O) groups is 1. The van der Waals surface area contributed by atoms with E-state index in [2.05, 4.69) is 11.4 Å². The third-order valence-electron chi connectivity index (χ3n) is 5.23. The molecule has 0 aliphatic heterocycles. The van der Waals surface area contributed by atoms with E-state index in [4.69, 9.17) is 0 Å². The number of aryl methyl sites for hydroxylation is 1. The summed E-state index contributed by atoms with van der Waals surface area (Å²) in [7, 11) is -3.44. The first-order valence-corrected chi connectivity index (χ1v) is 11.1. The highest BCUT2D eigenvalue weighted by atomic mass is 32.2. The van der Waals surface area contributed by atoms with Gasteiger partial charge in [0.05, 0.1) is 16.7 Å². The fourth-order valence-electron chi connectivity index (χ4n) is 3.51. The van der Waals surface area contributed by atoms with Crippen LogP contribution < -0.4 is 5.32 Å². The molecule has 3 rings (SSSR count). The van der Waals surface area contributed by atoms with Gasteiger partial charge in [-0.2, -0.15) is 5.26 Å². The van der Waals surface area contributed by atoms with Crippen molar-refractivity contribution in [3.8, 4) is 6.07 Å². The van der Waals surface area contributed by atoms with Crippen molar-refractivity contribution < 1.29 is 13.2 Å². The van der Waals surface area contributed by atoms with Crippen LogP contribution in [0.15, 0.2) is 53.4 Å². The number of hydrogen-bond donors (Lipinski definition) is 1. The first-order chi connectivity index (χ1) is 13.3. The summed E-state index contributed by atoms with van der Waals surface area (Å²) < 4.78 is 25.1. The number of rotatable bonds is 5. The average molecular weight is 397 g/mol. The van der Waals surface area contributed by atoms with Crippen LogP contribution in [-0.4, -0.2) is 19.9 Å². The molecule has 146 valence electrons. The highest BCUT2D eigenvalue weighted by molar-refractivity contribution is 7.90. The van der Waals surface area contributed by atoms with Gasteiger partial charge in [0.15, 0.2) is 9.84 Å². The Balaban J connectivity index is 1.70. The molecular formula is C22H24N2O3S. The lowest BCUT2D eigenvalue weighted by Crippen LogP contribution is -2.48. The molecule has 0 bridgehead atoms. The Kier molecular flexibility index (Phi) is 5.85. The second-order valence-corrected chi connectivity index (χ2v) is 9.47. The topological polar surface area (TPSA) is 87.0 Å². The predicted molar refractivity (Wildman–Crippen MR) is 107 cm³/mol. The maximum absolute atomic E-state index is 12.6. The van der Waals surface area contributed by atoms with Crippen molar-refractivity contribution in [2.45, 2.75) is 55.2 Å². The van der Waals surface area contributed by atoms with E-state index in [9.17, 15) is 18.5 Å². The van der Waals surface area contributed by atoms with E-state index in [1.165, 1.54) is 0 Å². The van der Waals surface area contributed by atoms with Gasteiger partial charge in [0, 0.05) is 5.56 Å². The largest absolute Gasteiger partial charge is 0.334 e. The van der Waals surface area contributed by atoms with Crippen LogP contribution in [0.3, 0.4) is 0 Å². The molecule has 1 fully saturated rings. The van der Waals surface area contributed by atoms with E-state index in [0.717, 1.165) is 24.8 Å². The molecule has 0 radical (unpaired) electrons. The molecule has 6 heteroatoms. The predicted octanol–water partition coefficient (Wildman–Crippen LogP) is 3.93. The fourth-order valence-corrected chi connectivity index (χ4v) is 4.86. The molecule has 0 saturated heterocycles. The van der Waals surface area contributed by atoms with Gasteiger partial charge in [0.25, 0.3) is 5.91 Å². The van der Waals surface area contributed by atoms with Gasteiger partial charge in [-0.3, -0.25) is 4.79 Å². The molecule has 1 aliphatic carbocycles. The lowest BCUT2D eigenvalue weighted by molar-refractivity contribution is 0.0902. The zero-order valence-electron chi connectivity index (χ0n) is 15.9. The molecule has 0 atom stereocenters. The molecule has 5 nitrogen and oxygen atoms in total. The van der Waals surface area contributed by atoms with Gasteiger partial charge in [-0.1, -0.05) is 49.1 Å². The lowest BCUT2D eigenvalue weighted by atomic mass is 9.82. The van der Waals surface area contributed by atoms with Gasteiger partial charge < -0.3 is 5.32 Å². The third kappa shape index (κ3) is 4.60. The molecule has 0 heterocycles. The normalized spacial score (nSPS) is 16.1. The van der Waals surface area contributed by atoms with Crippen LogP contribution >= 0.6 is 0 Å². The number of nitriles is 1. The van der Waals surface area contributed by atoms with E-state index in [1.54, 1.807) is 48.5 Å². The highest BCUT2D eigenvalue weighted by Crippen LogP contribution is 2.28. The summed E-state index contributed by atoms with van der Waals surface area (Å²) in [6.45, 7) is 1.91. The van der Waals surface area contributed by atoms with Crippen molar-refractivity contribution in [1.82, 2.24) is 5.32 Å². The minimum atomic E-state index is -3.44. The molecule has 1 aliphatic rings. The third-order valence-corrected chi connectivity index (χ3v) is 6.93. The van der Waals surface area contributed by atoms with E-state index in [-0.39, 0.29) is 16.6 Å². The zero-order chi connectivity index (χ0) is 20.2. The highest BCUT2D eigenvalue weighted by Gasteiger charge is 2.33. The van der Waals surface area contributed by atoms with Gasteiger partial charge in [-0.05, 0) is 49.6 Å². The Morgan fingerprint density at radius 2 is 1.64 bits per heavy atom. The van der Waals surface area contributed by atoms with E-state index >= 15 is 0 Å². The van der Waals surface area contributed by atoms with E-state index in [1.807, 2.05) is 6.92 Å². The summed E-state index contributed by atoms with van der Waals surface area (Å²) in [5.74, 6) is -0.420. The van der Waals surface area contributed by atoms with Gasteiger partial charge in [0.2, 0.25) is 0 Å². The van der Waals surface area contributed by atoms with Crippen molar-refractivity contribution in [3.05, 3.63) is 65.2 Å². The summed E-state index contributed by atoms with van der Waals surface area (Å²) in [5.41, 5.74) is 1.26. The van der Waals surface area contributed by atoms with Gasteiger partial charge in [-0.25, -0.2) is 8.42 Å². The van der Waals surface area contributed by atoms with Crippen LogP contribution in [0.5, 0.6) is 0 Å². The molecular weight excluding hydrogens is 372 g/mol. The summed E-state index contributed by atoms with van der Waals surface area (Å²) >= 11 is 0. The number of amides is 1. The molecule has 1 N–H and O–H groups in total. The summed E-state index contributed by atoms with van der Waals surface area (Å²) in [5, 5.41) is 12.4. The molecule has 0 unspecified atom stereocenters. The Morgan fingerprint density at radius 3 is 2.21 bits per heavy atom. The van der Waals surface area contributed by atoms with Gasteiger partial charge >= 0.3 is 0 Å². The number of nitrogens with zero attached hydrogens (tertiary/aromatic N) is 1. The number of nitrogens with one attached hydrogen (secondary N) is 1. The quantitative estimate of drug-likeness (QED) is 0.830. The zero-order valence-corrected chi connectivity index (χ0v) is 16.8. The molecule has 0 spiro atoms. The molecule has 1 saturated carbocycles. The van der Waals surface area contributed by atoms with E-state index in [0.29, 0.717) is 24.0 Å². The van der Waals surface area contributed by atoms with Crippen LogP contribution in [0.1, 0.15) is 53.6 Å². The summed E-state index contributed by atoms with van der Waals surface area (Å²) in [6.07, 6.45) is 4.29. The summed E-state index contributed by atoms with van der Waals surface area (Å²) in [4.78, 5) is 12.8. The van der Waals surface area contributed by atoms with Crippen molar-refractivity contribution in [2.75, 3.05) is 0 Å². The first-order valence-electron chi connectivity index (χ1n) is 9.46. The number of carbonyl (C=O) groups excluding carboxylic acids is 1. The van der Waals surface area contributed by atoms with Crippen LogP contribution in [0.4, 0.5) is 0 Å². The second kappa shape index (κ2) is 8.15. The van der Waals surface area contributed by atoms with Crippen LogP contribution in [-0.2, 0) is 15.6 Å². The van der Waals surface area contributed by atoms with E-state index < -0.39 is 15.4 Å². The smallest absolute Gasteiger partial charge is 0.252 e. The molecule has 1 amide bonds. The Hall–Kier alpha value is -2.65. The second-order valence-electron chi connectivity index (χ2n) is 7.48. The number of benzene rings is 2. The molecule has 2 aromatic carbocycles. The average Bonchev–Trinajstić information content (AvgIpc) is 2.69. The van der Waals surface area contributed by atoms with Crippen molar-refractivity contribution >= 4 is 15.7 Å². The number of hydrogen-bond acceptors (Lipinski definition) is 4. The number of sulfone groups is 1.